The Kier molecular flexibility index (Phi) is 5.45. The van der Waals surface area contributed by atoms with E-state index in [0.29, 0.717) is 18.4 Å². The molecule has 6 nitrogen and oxygen atoms in total. The van der Waals surface area contributed by atoms with Gasteiger partial charge in [-0.15, -0.1) is 0 Å². The van der Waals surface area contributed by atoms with Crippen molar-refractivity contribution in [2.24, 2.45) is 5.92 Å². The maximum atomic E-state index is 12.3. The highest BCUT2D eigenvalue weighted by Crippen LogP contribution is 2.28. The Morgan fingerprint density at radius 3 is 2.54 bits per heavy atom. The highest BCUT2D eigenvalue weighted by molar-refractivity contribution is 5.69. The maximum Gasteiger partial charge on any atom is 0.410 e. The molecule has 0 bridgehead atoms. The maximum absolute atomic E-state index is 12.3. The molecule has 24 heavy (non-hydrogen) atoms. The van der Waals surface area contributed by atoms with Crippen LogP contribution in [-0.2, 0) is 4.74 Å². The molecule has 1 aromatic heterocycles. The summed E-state index contributed by atoms with van der Waals surface area (Å²) in [5.41, 5.74) is -0.470. The normalized spacial score (nSPS) is 20.4. The average Bonchev–Trinajstić information content (AvgIpc) is 2.93. The molecule has 2 atom stereocenters. The number of ether oxygens (including phenoxy) is 1. The van der Waals surface area contributed by atoms with Gasteiger partial charge in [-0.2, -0.15) is 0 Å². The zero-order valence-corrected chi connectivity index (χ0v) is 16.0. The van der Waals surface area contributed by atoms with E-state index in [0.717, 1.165) is 24.7 Å². The Morgan fingerprint density at radius 2 is 2.00 bits per heavy atom. The van der Waals surface area contributed by atoms with Gasteiger partial charge in [0.1, 0.15) is 11.4 Å². The third-order valence-electron chi connectivity index (χ3n) is 4.54. The second kappa shape index (κ2) is 7.03. The van der Waals surface area contributed by atoms with Crippen LogP contribution in [0.5, 0.6) is 0 Å². The summed E-state index contributed by atoms with van der Waals surface area (Å²) in [5.74, 6) is 2.62. The fraction of sp³-hybridized carbons (Fsp3) is 0.778. The molecule has 1 aromatic rings. The first-order valence-electron chi connectivity index (χ1n) is 8.79. The van der Waals surface area contributed by atoms with Crippen LogP contribution in [0.2, 0.25) is 0 Å². The van der Waals surface area contributed by atoms with Gasteiger partial charge in [0, 0.05) is 37.7 Å². The van der Waals surface area contributed by atoms with E-state index in [4.69, 9.17) is 9.26 Å². The van der Waals surface area contributed by atoms with E-state index in [1.54, 1.807) is 4.90 Å². The Morgan fingerprint density at radius 1 is 1.33 bits per heavy atom. The van der Waals surface area contributed by atoms with Gasteiger partial charge in [-0.1, -0.05) is 25.9 Å². The van der Waals surface area contributed by atoms with Crippen molar-refractivity contribution >= 4 is 11.9 Å². The number of carbonyl (C=O) groups excluding carboxylic acids is 1. The SMILES string of the molecule is CC(C)C(C)c1cc(N2CCN(C(=O)OC(C)(C)C)[C@H](C)C2)no1. The largest absolute Gasteiger partial charge is 0.444 e. The van der Waals surface area contributed by atoms with E-state index in [-0.39, 0.29) is 12.1 Å². The number of rotatable bonds is 3. The predicted octanol–water partition coefficient (Wildman–Crippen LogP) is 3.88. The van der Waals surface area contributed by atoms with Crippen LogP contribution in [0.4, 0.5) is 10.6 Å². The molecule has 1 aliphatic heterocycles. The summed E-state index contributed by atoms with van der Waals surface area (Å²) in [4.78, 5) is 16.3. The quantitative estimate of drug-likeness (QED) is 0.838. The highest BCUT2D eigenvalue weighted by Gasteiger charge is 2.32. The molecule has 1 amide bonds. The van der Waals surface area contributed by atoms with Crippen LogP contribution in [0.3, 0.4) is 0 Å². The van der Waals surface area contributed by atoms with Gasteiger partial charge < -0.3 is 19.1 Å². The Bertz CT molecular complexity index is 562. The minimum absolute atomic E-state index is 0.0660. The summed E-state index contributed by atoms with van der Waals surface area (Å²) in [5, 5.41) is 4.22. The topological polar surface area (TPSA) is 58.8 Å². The lowest BCUT2D eigenvalue weighted by molar-refractivity contribution is 0.0158. The zero-order chi connectivity index (χ0) is 18.1. The van der Waals surface area contributed by atoms with Crippen molar-refractivity contribution in [1.29, 1.82) is 0 Å². The van der Waals surface area contributed by atoms with Gasteiger partial charge in [0.05, 0.1) is 0 Å². The molecule has 0 radical (unpaired) electrons. The number of amides is 1. The van der Waals surface area contributed by atoms with Crippen molar-refractivity contribution in [1.82, 2.24) is 10.1 Å². The number of hydrogen-bond acceptors (Lipinski definition) is 5. The fourth-order valence-electron chi connectivity index (χ4n) is 2.73. The molecule has 6 heteroatoms. The summed E-state index contributed by atoms with van der Waals surface area (Å²) in [7, 11) is 0. The second-order valence-corrected chi connectivity index (χ2v) is 8.09. The summed E-state index contributed by atoms with van der Waals surface area (Å²) < 4.78 is 11.0. The first-order valence-corrected chi connectivity index (χ1v) is 8.79. The molecule has 2 rings (SSSR count). The molecule has 1 unspecified atom stereocenters. The van der Waals surface area contributed by atoms with Crippen LogP contribution in [0, 0.1) is 5.92 Å². The molecule has 0 N–H and O–H groups in total. The van der Waals surface area contributed by atoms with Crippen molar-refractivity contribution in [3.63, 3.8) is 0 Å². The summed E-state index contributed by atoms with van der Waals surface area (Å²) in [6, 6.07) is 2.09. The van der Waals surface area contributed by atoms with Crippen LogP contribution in [0.1, 0.15) is 60.1 Å². The smallest absolute Gasteiger partial charge is 0.410 e. The predicted molar refractivity (Wildman–Crippen MR) is 94.4 cm³/mol. The lowest BCUT2D eigenvalue weighted by Crippen LogP contribution is -2.55. The number of hydrogen-bond donors (Lipinski definition) is 0. The second-order valence-electron chi connectivity index (χ2n) is 8.09. The minimum Gasteiger partial charge on any atom is -0.444 e. The third kappa shape index (κ3) is 4.42. The van der Waals surface area contributed by atoms with E-state index >= 15 is 0 Å². The molecule has 1 aliphatic rings. The van der Waals surface area contributed by atoms with Gasteiger partial charge in [-0.3, -0.25) is 0 Å². The van der Waals surface area contributed by atoms with E-state index in [9.17, 15) is 4.79 Å². The molecule has 0 aliphatic carbocycles. The summed E-state index contributed by atoms with van der Waals surface area (Å²) >= 11 is 0. The van der Waals surface area contributed by atoms with E-state index in [2.05, 4.69) is 30.8 Å². The first kappa shape index (κ1) is 18.6. The molecule has 1 saturated heterocycles. The van der Waals surface area contributed by atoms with Crippen LogP contribution >= 0.6 is 0 Å². The summed E-state index contributed by atoms with van der Waals surface area (Å²) in [6.07, 6.45) is -0.246. The van der Waals surface area contributed by atoms with E-state index < -0.39 is 5.60 Å². The number of piperazine rings is 1. The molecular weight excluding hydrogens is 306 g/mol. The Hall–Kier alpha value is -1.72. The van der Waals surface area contributed by atoms with Gasteiger partial charge in [-0.25, -0.2) is 4.79 Å². The van der Waals surface area contributed by atoms with Crippen LogP contribution in [0.15, 0.2) is 10.6 Å². The summed E-state index contributed by atoms with van der Waals surface area (Å²) in [6.45, 7) is 16.3. The van der Waals surface area contributed by atoms with Crippen LogP contribution in [-0.4, -0.2) is 47.4 Å². The van der Waals surface area contributed by atoms with Crippen LogP contribution < -0.4 is 4.90 Å². The molecule has 1 fully saturated rings. The Labute approximate surface area is 145 Å². The molecule has 2 heterocycles. The molecule has 0 saturated carbocycles. The van der Waals surface area contributed by atoms with Crippen molar-refractivity contribution < 1.29 is 14.1 Å². The van der Waals surface area contributed by atoms with Gasteiger partial charge in [0.15, 0.2) is 5.82 Å². The third-order valence-corrected chi connectivity index (χ3v) is 4.54. The standard InChI is InChI=1S/C18H31N3O3/c1-12(2)14(4)15-10-16(19-24-15)20-8-9-21(13(3)11-20)17(22)23-18(5,6)7/h10,12-14H,8-9,11H2,1-7H3/t13-,14?/m1/s1. The van der Waals surface area contributed by atoms with E-state index in [1.165, 1.54) is 0 Å². The first-order chi connectivity index (χ1) is 11.1. The van der Waals surface area contributed by atoms with Crippen molar-refractivity contribution in [3.8, 4) is 0 Å². The van der Waals surface area contributed by atoms with Crippen molar-refractivity contribution in [2.45, 2.75) is 66.0 Å². The van der Waals surface area contributed by atoms with Gasteiger partial charge in [0.25, 0.3) is 0 Å². The highest BCUT2D eigenvalue weighted by atomic mass is 16.6. The molecule has 0 aromatic carbocycles. The number of carbonyl (C=O) groups is 1. The number of anilines is 1. The molecular formula is C18H31N3O3. The molecule has 0 spiro atoms. The lowest BCUT2D eigenvalue weighted by Gasteiger charge is -2.40. The molecule has 136 valence electrons. The van der Waals surface area contributed by atoms with Gasteiger partial charge in [-0.05, 0) is 33.6 Å². The minimum atomic E-state index is -0.470. The number of aromatic nitrogens is 1. The average molecular weight is 337 g/mol. The van der Waals surface area contributed by atoms with Gasteiger partial charge in [0.2, 0.25) is 0 Å². The van der Waals surface area contributed by atoms with Gasteiger partial charge >= 0.3 is 6.09 Å². The fourth-order valence-corrected chi connectivity index (χ4v) is 2.73. The lowest BCUT2D eigenvalue weighted by atomic mass is 9.96. The van der Waals surface area contributed by atoms with Crippen molar-refractivity contribution in [2.75, 3.05) is 24.5 Å². The Balaban J connectivity index is 1.99. The number of nitrogens with zero attached hydrogens (tertiary/aromatic N) is 3. The van der Waals surface area contributed by atoms with Crippen LogP contribution in [0.25, 0.3) is 0 Å². The van der Waals surface area contributed by atoms with Crippen molar-refractivity contribution in [3.05, 3.63) is 11.8 Å². The zero-order valence-electron chi connectivity index (χ0n) is 16.0. The van der Waals surface area contributed by atoms with E-state index in [1.807, 2.05) is 33.8 Å². The monoisotopic (exact) mass is 337 g/mol.